The van der Waals surface area contributed by atoms with Crippen LogP contribution >= 0.6 is 0 Å². The van der Waals surface area contributed by atoms with E-state index in [0.29, 0.717) is 0 Å². The van der Waals surface area contributed by atoms with Crippen molar-refractivity contribution in [2.75, 3.05) is 0 Å². The van der Waals surface area contributed by atoms with Gasteiger partial charge in [0.15, 0.2) is 0 Å². The average molecular weight is 110 g/mol. The lowest BCUT2D eigenvalue weighted by Crippen LogP contribution is -1.75. The van der Waals surface area contributed by atoms with Gasteiger partial charge in [0.2, 0.25) is 0 Å². The second-order valence-electron chi connectivity index (χ2n) is 2.27. The van der Waals surface area contributed by atoms with Crippen LogP contribution in [0.1, 0.15) is 27.2 Å². The van der Waals surface area contributed by atoms with Crippen molar-refractivity contribution < 1.29 is 0 Å². The summed E-state index contributed by atoms with van der Waals surface area (Å²) in [6.45, 7) is 10.0. The van der Waals surface area contributed by atoms with Crippen molar-refractivity contribution in [1.29, 1.82) is 0 Å². The Balaban J connectivity index is 3.56. The molecule has 0 aromatic rings. The number of rotatable bonds is 2. The first-order valence-electron chi connectivity index (χ1n) is 2.93. The molecule has 0 heteroatoms. The van der Waals surface area contributed by atoms with Crippen molar-refractivity contribution in [2.45, 2.75) is 27.2 Å². The highest BCUT2D eigenvalue weighted by Crippen LogP contribution is 2.05. The van der Waals surface area contributed by atoms with Gasteiger partial charge in [-0.1, -0.05) is 23.8 Å². The van der Waals surface area contributed by atoms with E-state index >= 15 is 0 Å². The summed E-state index contributed by atoms with van der Waals surface area (Å²) in [4.78, 5) is 0. The fourth-order valence-corrected chi connectivity index (χ4v) is 0.578. The molecular formula is C8H14. The molecule has 0 aromatic heterocycles. The van der Waals surface area contributed by atoms with Crippen molar-refractivity contribution in [3.05, 3.63) is 23.8 Å². The molecule has 0 rings (SSSR count). The average Bonchev–Trinajstić information content (AvgIpc) is 1.65. The topological polar surface area (TPSA) is 0 Å². The minimum atomic E-state index is 1.05. The molecule has 0 heterocycles. The SMILES string of the molecule is C=C(C)CC(C)=CC. The maximum atomic E-state index is 3.80. The monoisotopic (exact) mass is 110 g/mol. The van der Waals surface area contributed by atoms with E-state index in [-0.39, 0.29) is 0 Å². The molecule has 8 heavy (non-hydrogen) atoms. The standard InChI is InChI=1S/C8H14/c1-5-8(4)6-7(2)3/h5H,2,6H2,1,3-4H3. The summed E-state index contributed by atoms with van der Waals surface area (Å²) >= 11 is 0. The van der Waals surface area contributed by atoms with Gasteiger partial charge in [0.1, 0.15) is 0 Å². The first kappa shape index (κ1) is 7.48. The molecule has 0 bridgehead atoms. The van der Waals surface area contributed by atoms with Gasteiger partial charge >= 0.3 is 0 Å². The number of hydrogen-bond acceptors (Lipinski definition) is 0. The fourth-order valence-electron chi connectivity index (χ4n) is 0.578. The van der Waals surface area contributed by atoms with Crippen LogP contribution in [0.4, 0.5) is 0 Å². The summed E-state index contributed by atoms with van der Waals surface area (Å²) in [5.74, 6) is 0. The third kappa shape index (κ3) is 3.66. The Morgan fingerprint density at radius 2 is 2.00 bits per heavy atom. The lowest BCUT2D eigenvalue weighted by molar-refractivity contribution is 1.11. The zero-order valence-electron chi connectivity index (χ0n) is 5.99. The number of allylic oxidation sites excluding steroid dienone is 3. The van der Waals surface area contributed by atoms with Gasteiger partial charge in [-0.15, -0.1) is 0 Å². The highest BCUT2D eigenvalue weighted by molar-refractivity contribution is 5.07. The van der Waals surface area contributed by atoms with Gasteiger partial charge < -0.3 is 0 Å². The van der Waals surface area contributed by atoms with E-state index in [4.69, 9.17) is 0 Å². The summed E-state index contributed by atoms with van der Waals surface area (Å²) in [6.07, 6.45) is 3.17. The van der Waals surface area contributed by atoms with Crippen LogP contribution in [0.2, 0.25) is 0 Å². The molecular weight excluding hydrogens is 96.1 g/mol. The van der Waals surface area contributed by atoms with Crippen LogP contribution < -0.4 is 0 Å². The first-order chi connectivity index (χ1) is 3.66. The molecule has 0 aliphatic carbocycles. The molecule has 0 spiro atoms. The highest BCUT2D eigenvalue weighted by atomic mass is 13.9. The third-order valence-corrected chi connectivity index (χ3v) is 1.07. The molecule has 0 atom stereocenters. The Morgan fingerprint density at radius 1 is 1.50 bits per heavy atom. The first-order valence-corrected chi connectivity index (χ1v) is 2.93. The molecule has 0 aliphatic rings. The largest absolute Gasteiger partial charge is 0.0998 e. The fraction of sp³-hybridized carbons (Fsp3) is 0.500. The minimum absolute atomic E-state index is 1.05. The third-order valence-electron chi connectivity index (χ3n) is 1.07. The Morgan fingerprint density at radius 3 is 2.12 bits per heavy atom. The lowest BCUT2D eigenvalue weighted by atomic mass is 10.1. The molecule has 46 valence electrons. The van der Waals surface area contributed by atoms with E-state index in [1.54, 1.807) is 0 Å². The number of hydrogen-bond donors (Lipinski definition) is 0. The Kier molecular flexibility index (Phi) is 3.25. The summed E-state index contributed by atoms with van der Waals surface area (Å²) in [5, 5.41) is 0. The van der Waals surface area contributed by atoms with Gasteiger partial charge in [-0.05, 0) is 27.2 Å². The van der Waals surface area contributed by atoms with Crippen molar-refractivity contribution in [2.24, 2.45) is 0 Å². The van der Waals surface area contributed by atoms with Crippen molar-refractivity contribution in [3.8, 4) is 0 Å². The summed E-state index contributed by atoms with van der Waals surface area (Å²) < 4.78 is 0. The van der Waals surface area contributed by atoms with E-state index in [0.717, 1.165) is 6.42 Å². The molecule has 0 aliphatic heterocycles. The maximum Gasteiger partial charge on any atom is -0.0117 e. The second-order valence-corrected chi connectivity index (χ2v) is 2.27. The Labute approximate surface area is 51.9 Å². The van der Waals surface area contributed by atoms with Crippen LogP contribution in [0.5, 0.6) is 0 Å². The normalized spacial score (nSPS) is 11.6. The Bertz CT molecular complexity index is 107. The molecule has 0 nitrogen and oxygen atoms in total. The van der Waals surface area contributed by atoms with Crippen LogP contribution in [0, 0.1) is 0 Å². The summed E-state index contributed by atoms with van der Waals surface area (Å²) in [5.41, 5.74) is 2.64. The van der Waals surface area contributed by atoms with E-state index in [1.807, 2.05) is 6.92 Å². The smallest absolute Gasteiger partial charge is 0.0117 e. The lowest BCUT2D eigenvalue weighted by Gasteiger charge is -1.95. The quantitative estimate of drug-likeness (QED) is 0.479. The van der Waals surface area contributed by atoms with Crippen LogP contribution in [0.3, 0.4) is 0 Å². The molecule has 0 saturated carbocycles. The van der Waals surface area contributed by atoms with E-state index in [1.165, 1.54) is 11.1 Å². The highest BCUT2D eigenvalue weighted by Gasteiger charge is 1.85. The Hall–Kier alpha value is -0.520. The van der Waals surface area contributed by atoms with E-state index in [9.17, 15) is 0 Å². The van der Waals surface area contributed by atoms with Crippen LogP contribution in [-0.2, 0) is 0 Å². The van der Waals surface area contributed by atoms with Gasteiger partial charge in [0.25, 0.3) is 0 Å². The van der Waals surface area contributed by atoms with Gasteiger partial charge in [-0.2, -0.15) is 0 Å². The van der Waals surface area contributed by atoms with Gasteiger partial charge in [0.05, 0.1) is 0 Å². The minimum Gasteiger partial charge on any atom is -0.0998 e. The van der Waals surface area contributed by atoms with Crippen molar-refractivity contribution in [1.82, 2.24) is 0 Å². The molecule has 0 unspecified atom stereocenters. The van der Waals surface area contributed by atoms with Crippen molar-refractivity contribution >= 4 is 0 Å². The molecule has 0 saturated heterocycles. The molecule has 0 aromatic carbocycles. The molecule has 0 N–H and O–H groups in total. The maximum absolute atomic E-state index is 3.80. The second kappa shape index (κ2) is 3.48. The molecule has 0 fully saturated rings. The molecule has 0 radical (unpaired) electrons. The van der Waals surface area contributed by atoms with Crippen molar-refractivity contribution in [3.63, 3.8) is 0 Å². The van der Waals surface area contributed by atoms with E-state index < -0.39 is 0 Å². The van der Waals surface area contributed by atoms with Gasteiger partial charge in [-0.3, -0.25) is 0 Å². The predicted molar refractivity (Wildman–Crippen MR) is 38.9 cm³/mol. The van der Waals surface area contributed by atoms with Gasteiger partial charge in [-0.25, -0.2) is 0 Å². The zero-order chi connectivity index (χ0) is 6.57. The summed E-state index contributed by atoms with van der Waals surface area (Å²) in [7, 11) is 0. The van der Waals surface area contributed by atoms with Crippen LogP contribution in [0.15, 0.2) is 23.8 Å². The van der Waals surface area contributed by atoms with Crippen LogP contribution in [0.25, 0.3) is 0 Å². The van der Waals surface area contributed by atoms with Gasteiger partial charge in [0, 0.05) is 0 Å². The van der Waals surface area contributed by atoms with E-state index in [2.05, 4.69) is 26.5 Å². The molecule has 0 amide bonds. The summed E-state index contributed by atoms with van der Waals surface area (Å²) in [6, 6.07) is 0. The zero-order valence-corrected chi connectivity index (χ0v) is 5.99. The van der Waals surface area contributed by atoms with Crippen LogP contribution in [-0.4, -0.2) is 0 Å². The predicted octanol–water partition coefficient (Wildman–Crippen LogP) is 2.92.